The van der Waals surface area contributed by atoms with Crippen LogP contribution in [0.2, 0.25) is 0 Å². The zero-order valence-electron chi connectivity index (χ0n) is 14.4. The monoisotopic (exact) mass is 346 g/mol. The lowest BCUT2D eigenvalue weighted by atomic mass is 10.1. The van der Waals surface area contributed by atoms with Crippen LogP contribution in [0.25, 0.3) is 0 Å². The summed E-state index contributed by atoms with van der Waals surface area (Å²) in [7, 11) is 3.94. The molecule has 2 rings (SSSR count). The third-order valence-corrected chi connectivity index (χ3v) is 3.56. The summed E-state index contributed by atoms with van der Waals surface area (Å²) in [6.45, 7) is 1.40. The molecule has 0 aliphatic carbocycles. The highest BCUT2D eigenvalue weighted by Gasteiger charge is 2.13. The molecule has 0 bridgehead atoms. The van der Waals surface area contributed by atoms with Gasteiger partial charge >= 0.3 is 0 Å². The van der Waals surface area contributed by atoms with E-state index in [2.05, 4.69) is 5.32 Å². The number of carbonyl (C=O) groups excluding carboxylic acids is 1. The number of amides is 1. The summed E-state index contributed by atoms with van der Waals surface area (Å²) in [6.07, 6.45) is -1.20. The highest BCUT2D eigenvalue weighted by Crippen LogP contribution is 2.20. The van der Waals surface area contributed by atoms with Crippen molar-refractivity contribution in [2.75, 3.05) is 32.6 Å². The van der Waals surface area contributed by atoms with Crippen LogP contribution in [-0.4, -0.2) is 43.2 Å². The van der Waals surface area contributed by atoms with Crippen molar-refractivity contribution in [3.05, 3.63) is 59.9 Å². The molecule has 25 heavy (non-hydrogen) atoms. The summed E-state index contributed by atoms with van der Waals surface area (Å²) in [6, 6.07) is 12.6. The molecule has 134 valence electrons. The van der Waals surface area contributed by atoms with E-state index in [1.165, 1.54) is 18.2 Å². The lowest BCUT2D eigenvalue weighted by molar-refractivity contribution is -0.118. The summed E-state index contributed by atoms with van der Waals surface area (Å²) in [4.78, 5) is 14.0. The van der Waals surface area contributed by atoms with Gasteiger partial charge < -0.3 is 20.1 Å². The number of aliphatic hydroxyl groups excluding tert-OH is 1. The van der Waals surface area contributed by atoms with Crippen molar-refractivity contribution in [2.24, 2.45) is 0 Å². The van der Waals surface area contributed by atoms with Crippen LogP contribution in [0, 0.1) is 5.82 Å². The summed E-state index contributed by atoms with van der Waals surface area (Å²) in [5.41, 5.74) is 0.983. The molecule has 1 amide bonds. The van der Waals surface area contributed by atoms with E-state index in [4.69, 9.17) is 4.74 Å². The molecule has 1 atom stereocenters. The first-order valence-corrected chi connectivity index (χ1v) is 8.05. The van der Waals surface area contributed by atoms with Crippen LogP contribution < -0.4 is 10.1 Å². The molecule has 2 N–H and O–H groups in total. The molecule has 1 unspecified atom stereocenters. The number of anilines is 1. The van der Waals surface area contributed by atoms with Crippen LogP contribution in [-0.2, 0) is 4.79 Å². The molecule has 0 fully saturated rings. The van der Waals surface area contributed by atoms with E-state index >= 15 is 0 Å². The molecule has 0 saturated heterocycles. The highest BCUT2D eigenvalue weighted by molar-refractivity contribution is 5.91. The lowest BCUT2D eigenvalue weighted by Crippen LogP contribution is -2.19. The number of aliphatic hydroxyl groups is 1. The maximum absolute atomic E-state index is 13.2. The minimum absolute atomic E-state index is 0.148. The Kier molecular flexibility index (Phi) is 6.91. The molecular weight excluding hydrogens is 323 g/mol. The fraction of sp³-hybridized carbons (Fsp3) is 0.316. The number of likely N-dealkylation sites (N-methyl/N-ethyl adjacent to an activating group) is 1. The van der Waals surface area contributed by atoms with Crippen LogP contribution in [0.5, 0.6) is 5.75 Å². The number of ether oxygens (including phenoxy) is 1. The van der Waals surface area contributed by atoms with Crippen LogP contribution in [0.15, 0.2) is 48.5 Å². The van der Waals surface area contributed by atoms with Crippen LogP contribution >= 0.6 is 0 Å². The minimum atomic E-state index is -1.05. The van der Waals surface area contributed by atoms with Crippen LogP contribution in [0.1, 0.15) is 18.1 Å². The molecule has 0 heterocycles. The molecule has 6 heteroatoms. The predicted molar refractivity (Wildman–Crippen MR) is 95.1 cm³/mol. The fourth-order valence-corrected chi connectivity index (χ4v) is 2.20. The Bertz CT molecular complexity index is 689. The second kappa shape index (κ2) is 9.15. The Morgan fingerprint density at radius 3 is 2.60 bits per heavy atom. The van der Waals surface area contributed by atoms with E-state index in [9.17, 15) is 14.3 Å². The number of hydrogen-bond donors (Lipinski definition) is 2. The summed E-state index contributed by atoms with van der Waals surface area (Å²) < 4.78 is 18.7. The van der Waals surface area contributed by atoms with Gasteiger partial charge in [-0.05, 0) is 56.1 Å². The summed E-state index contributed by atoms with van der Waals surface area (Å²) in [5.74, 6) is -0.0699. The normalized spacial score (nSPS) is 12.0. The van der Waals surface area contributed by atoms with E-state index in [-0.39, 0.29) is 12.3 Å². The van der Waals surface area contributed by atoms with Crippen molar-refractivity contribution >= 4 is 11.6 Å². The van der Waals surface area contributed by atoms with Crippen molar-refractivity contribution in [3.63, 3.8) is 0 Å². The van der Waals surface area contributed by atoms with Gasteiger partial charge in [-0.2, -0.15) is 0 Å². The first-order valence-electron chi connectivity index (χ1n) is 8.05. The molecule has 2 aromatic rings. The van der Waals surface area contributed by atoms with E-state index in [1.54, 1.807) is 30.3 Å². The van der Waals surface area contributed by atoms with E-state index in [1.807, 2.05) is 19.0 Å². The zero-order valence-corrected chi connectivity index (χ0v) is 14.4. The topological polar surface area (TPSA) is 61.8 Å². The SMILES string of the molecule is CN(C)CCOc1ccc(NC(=O)CC(O)c2cccc(F)c2)cc1. The van der Waals surface area contributed by atoms with Gasteiger partial charge in [0.15, 0.2) is 0 Å². The van der Waals surface area contributed by atoms with Gasteiger partial charge in [-0.25, -0.2) is 4.39 Å². The van der Waals surface area contributed by atoms with Gasteiger partial charge in [0.2, 0.25) is 5.91 Å². The number of carbonyl (C=O) groups is 1. The third kappa shape index (κ3) is 6.52. The molecule has 5 nitrogen and oxygen atoms in total. The van der Waals surface area contributed by atoms with Gasteiger partial charge in [-0.15, -0.1) is 0 Å². The maximum Gasteiger partial charge on any atom is 0.227 e. The summed E-state index contributed by atoms with van der Waals surface area (Å²) in [5, 5.41) is 12.7. The van der Waals surface area contributed by atoms with Crippen molar-refractivity contribution in [3.8, 4) is 5.75 Å². The van der Waals surface area contributed by atoms with Gasteiger partial charge in [-0.3, -0.25) is 4.79 Å². The summed E-state index contributed by atoms with van der Waals surface area (Å²) >= 11 is 0. The largest absolute Gasteiger partial charge is 0.492 e. The Hall–Kier alpha value is -2.44. The zero-order chi connectivity index (χ0) is 18.2. The molecule has 0 radical (unpaired) electrons. The average molecular weight is 346 g/mol. The molecule has 0 saturated carbocycles. The van der Waals surface area contributed by atoms with Crippen LogP contribution in [0.4, 0.5) is 10.1 Å². The number of rotatable bonds is 8. The Balaban J connectivity index is 1.83. The highest BCUT2D eigenvalue weighted by atomic mass is 19.1. The first kappa shape index (κ1) is 18.9. The maximum atomic E-state index is 13.2. The fourth-order valence-electron chi connectivity index (χ4n) is 2.20. The second-order valence-electron chi connectivity index (χ2n) is 6.00. The standard InChI is InChI=1S/C19H23FN2O3/c1-22(2)10-11-25-17-8-6-16(7-9-17)21-19(24)13-18(23)14-4-3-5-15(20)12-14/h3-9,12,18,23H,10-11,13H2,1-2H3,(H,21,24). The molecule has 0 spiro atoms. The number of hydrogen-bond acceptors (Lipinski definition) is 4. The second-order valence-corrected chi connectivity index (χ2v) is 6.00. The van der Waals surface area contributed by atoms with Crippen molar-refractivity contribution in [1.82, 2.24) is 4.90 Å². The molecule has 0 aliphatic rings. The van der Waals surface area contributed by atoms with E-state index in [0.717, 1.165) is 12.3 Å². The van der Waals surface area contributed by atoms with E-state index in [0.29, 0.717) is 17.9 Å². The van der Waals surface area contributed by atoms with Crippen molar-refractivity contribution in [1.29, 1.82) is 0 Å². The van der Waals surface area contributed by atoms with E-state index < -0.39 is 11.9 Å². The smallest absolute Gasteiger partial charge is 0.227 e. The molecule has 2 aromatic carbocycles. The Morgan fingerprint density at radius 2 is 1.96 bits per heavy atom. The third-order valence-electron chi connectivity index (χ3n) is 3.56. The van der Waals surface area contributed by atoms with Gasteiger partial charge in [0.1, 0.15) is 18.2 Å². The molecule has 0 aliphatic heterocycles. The van der Waals surface area contributed by atoms with Gasteiger partial charge in [0, 0.05) is 12.2 Å². The number of nitrogens with zero attached hydrogens (tertiary/aromatic N) is 1. The van der Waals surface area contributed by atoms with Gasteiger partial charge in [-0.1, -0.05) is 12.1 Å². The number of nitrogens with one attached hydrogen (secondary N) is 1. The Labute approximate surface area is 147 Å². The quantitative estimate of drug-likeness (QED) is 0.772. The number of benzene rings is 2. The Morgan fingerprint density at radius 1 is 1.24 bits per heavy atom. The van der Waals surface area contributed by atoms with Crippen molar-refractivity contribution in [2.45, 2.75) is 12.5 Å². The van der Waals surface area contributed by atoms with Gasteiger partial charge in [0.25, 0.3) is 0 Å². The number of halogens is 1. The molecular formula is C19H23FN2O3. The van der Waals surface area contributed by atoms with Crippen LogP contribution in [0.3, 0.4) is 0 Å². The minimum Gasteiger partial charge on any atom is -0.492 e. The van der Waals surface area contributed by atoms with Crippen molar-refractivity contribution < 1.29 is 19.0 Å². The first-order chi connectivity index (χ1) is 11.9. The lowest BCUT2D eigenvalue weighted by Gasteiger charge is -2.13. The average Bonchev–Trinajstić information content (AvgIpc) is 2.56. The van der Waals surface area contributed by atoms with Gasteiger partial charge in [0.05, 0.1) is 12.5 Å². The molecule has 0 aromatic heterocycles. The predicted octanol–water partition coefficient (Wildman–Crippen LogP) is 2.83.